The number of hydrogen-bond donors (Lipinski definition) is 1. The van der Waals surface area contributed by atoms with E-state index in [2.05, 4.69) is 19.2 Å². The zero-order valence-corrected chi connectivity index (χ0v) is 13.1. The summed E-state index contributed by atoms with van der Waals surface area (Å²) in [6.07, 6.45) is 1.08. The van der Waals surface area contributed by atoms with E-state index < -0.39 is 0 Å². The Labute approximate surface area is 124 Å². The monoisotopic (exact) mass is 302 g/mol. The number of carbonyl (C=O) groups is 1. The van der Waals surface area contributed by atoms with Gasteiger partial charge in [0.1, 0.15) is 0 Å². The van der Waals surface area contributed by atoms with Crippen molar-refractivity contribution in [2.24, 2.45) is 5.92 Å². The first-order valence-electron chi connectivity index (χ1n) is 6.32. The van der Waals surface area contributed by atoms with E-state index in [-0.39, 0.29) is 5.91 Å². The van der Waals surface area contributed by atoms with Gasteiger partial charge in [-0.1, -0.05) is 37.0 Å². The molecular weight excluding hydrogens is 283 g/mol. The molecule has 0 aliphatic carbocycles. The summed E-state index contributed by atoms with van der Waals surface area (Å²) in [5.74, 6) is 0.588. The van der Waals surface area contributed by atoms with Gasteiger partial charge in [0.05, 0.1) is 16.6 Å². The number of carbonyl (C=O) groups excluding carboxylic acids is 1. The van der Waals surface area contributed by atoms with Gasteiger partial charge in [-0.15, -0.1) is 0 Å². The molecule has 0 heterocycles. The molecule has 0 unspecified atom stereocenters. The molecule has 1 rings (SSSR count). The van der Waals surface area contributed by atoms with E-state index in [1.807, 2.05) is 11.9 Å². The predicted octanol–water partition coefficient (Wildman–Crippen LogP) is 3.91. The Bertz CT molecular complexity index is 435. The van der Waals surface area contributed by atoms with E-state index >= 15 is 0 Å². The molecule has 0 saturated carbocycles. The summed E-state index contributed by atoms with van der Waals surface area (Å²) in [7, 11) is 1.94. The maximum absolute atomic E-state index is 11.8. The van der Waals surface area contributed by atoms with E-state index in [1.165, 1.54) is 0 Å². The number of amides is 1. The third-order valence-corrected chi connectivity index (χ3v) is 3.44. The zero-order chi connectivity index (χ0) is 14.4. The molecule has 0 radical (unpaired) electrons. The zero-order valence-electron chi connectivity index (χ0n) is 11.5. The van der Waals surface area contributed by atoms with Crippen LogP contribution in [0.3, 0.4) is 0 Å². The average molecular weight is 303 g/mol. The quantitative estimate of drug-likeness (QED) is 0.864. The Hall–Kier alpha value is -0.770. The second-order valence-corrected chi connectivity index (χ2v) is 5.91. The van der Waals surface area contributed by atoms with E-state index in [1.54, 1.807) is 18.2 Å². The van der Waals surface area contributed by atoms with Crippen molar-refractivity contribution in [3.05, 3.63) is 28.2 Å². The van der Waals surface area contributed by atoms with Gasteiger partial charge in [-0.05, 0) is 44.1 Å². The Morgan fingerprint density at radius 2 is 2.00 bits per heavy atom. The minimum Gasteiger partial charge on any atom is -0.325 e. The van der Waals surface area contributed by atoms with E-state index in [4.69, 9.17) is 23.2 Å². The summed E-state index contributed by atoms with van der Waals surface area (Å²) < 4.78 is 0. The molecule has 0 fully saturated rings. The molecule has 106 valence electrons. The van der Waals surface area contributed by atoms with Crippen molar-refractivity contribution in [2.45, 2.75) is 20.3 Å². The van der Waals surface area contributed by atoms with Crippen molar-refractivity contribution in [3.63, 3.8) is 0 Å². The summed E-state index contributed by atoms with van der Waals surface area (Å²) >= 11 is 11.7. The van der Waals surface area contributed by atoms with Crippen LogP contribution in [0.25, 0.3) is 0 Å². The molecule has 0 aliphatic heterocycles. The molecular formula is C14H20Cl2N2O. The molecule has 1 amide bonds. The molecule has 0 aromatic heterocycles. The lowest BCUT2D eigenvalue weighted by Crippen LogP contribution is -2.31. The van der Waals surface area contributed by atoms with Crippen molar-refractivity contribution in [1.29, 1.82) is 0 Å². The number of rotatable bonds is 6. The third-order valence-electron chi connectivity index (χ3n) is 2.71. The van der Waals surface area contributed by atoms with Crippen molar-refractivity contribution < 1.29 is 4.79 Å². The normalized spacial score (nSPS) is 11.1. The standard InChI is InChI=1S/C14H20Cl2N2O/c1-10(2)6-7-18(3)9-14(19)17-11-4-5-12(15)13(16)8-11/h4-5,8,10H,6-7,9H2,1-3H3,(H,17,19). The van der Waals surface area contributed by atoms with Crippen LogP contribution in [0.5, 0.6) is 0 Å². The Kier molecular flexibility index (Phi) is 6.63. The molecule has 1 aromatic carbocycles. The maximum atomic E-state index is 11.8. The smallest absolute Gasteiger partial charge is 0.238 e. The van der Waals surface area contributed by atoms with Crippen LogP contribution < -0.4 is 5.32 Å². The Balaban J connectivity index is 2.44. The van der Waals surface area contributed by atoms with E-state index in [0.717, 1.165) is 13.0 Å². The minimum atomic E-state index is -0.0513. The lowest BCUT2D eigenvalue weighted by molar-refractivity contribution is -0.117. The average Bonchev–Trinajstić information content (AvgIpc) is 2.31. The largest absolute Gasteiger partial charge is 0.325 e. The van der Waals surface area contributed by atoms with Crippen LogP contribution in [0, 0.1) is 5.92 Å². The fourth-order valence-corrected chi connectivity index (χ4v) is 1.88. The summed E-state index contributed by atoms with van der Waals surface area (Å²) in [4.78, 5) is 13.8. The lowest BCUT2D eigenvalue weighted by atomic mass is 10.1. The number of nitrogens with one attached hydrogen (secondary N) is 1. The highest BCUT2D eigenvalue weighted by molar-refractivity contribution is 6.42. The molecule has 1 N–H and O–H groups in total. The predicted molar refractivity (Wildman–Crippen MR) is 82.0 cm³/mol. The molecule has 1 aromatic rings. The fourth-order valence-electron chi connectivity index (χ4n) is 1.58. The minimum absolute atomic E-state index is 0.0513. The lowest BCUT2D eigenvalue weighted by Gasteiger charge is -2.17. The van der Waals surface area contributed by atoms with Crippen LogP contribution in [0.4, 0.5) is 5.69 Å². The van der Waals surface area contributed by atoms with Crippen molar-refractivity contribution >= 4 is 34.8 Å². The SMILES string of the molecule is CC(C)CCN(C)CC(=O)Nc1ccc(Cl)c(Cl)c1. The first-order valence-corrected chi connectivity index (χ1v) is 7.07. The van der Waals surface area contributed by atoms with Crippen LogP contribution >= 0.6 is 23.2 Å². The van der Waals surface area contributed by atoms with Crippen LogP contribution in [0.1, 0.15) is 20.3 Å². The van der Waals surface area contributed by atoms with Crippen LogP contribution in [-0.4, -0.2) is 30.9 Å². The Morgan fingerprint density at radius 3 is 2.58 bits per heavy atom. The van der Waals surface area contributed by atoms with Crippen molar-refractivity contribution in [2.75, 3.05) is 25.5 Å². The molecule has 5 heteroatoms. The van der Waals surface area contributed by atoms with Gasteiger partial charge in [-0.2, -0.15) is 0 Å². The van der Waals surface area contributed by atoms with Gasteiger partial charge < -0.3 is 5.32 Å². The second-order valence-electron chi connectivity index (χ2n) is 5.10. The second kappa shape index (κ2) is 7.73. The first kappa shape index (κ1) is 16.3. The fraction of sp³-hybridized carbons (Fsp3) is 0.500. The van der Waals surface area contributed by atoms with Gasteiger partial charge in [0.25, 0.3) is 0 Å². The highest BCUT2D eigenvalue weighted by Crippen LogP contribution is 2.24. The van der Waals surface area contributed by atoms with Gasteiger partial charge in [0.2, 0.25) is 5.91 Å². The molecule has 0 bridgehead atoms. The van der Waals surface area contributed by atoms with Crippen LogP contribution in [0.2, 0.25) is 10.0 Å². The Morgan fingerprint density at radius 1 is 1.32 bits per heavy atom. The van der Waals surface area contributed by atoms with E-state index in [9.17, 15) is 4.79 Å². The molecule has 0 aliphatic rings. The molecule has 0 saturated heterocycles. The number of hydrogen-bond acceptors (Lipinski definition) is 2. The highest BCUT2D eigenvalue weighted by Gasteiger charge is 2.08. The topological polar surface area (TPSA) is 32.3 Å². The van der Waals surface area contributed by atoms with E-state index in [0.29, 0.717) is 28.2 Å². The van der Waals surface area contributed by atoms with Gasteiger partial charge in [-0.25, -0.2) is 0 Å². The summed E-state index contributed by atoms with van der Waals surface area (Å²) in [6, 6.07) is 5.05. The number of anilines is 1. The molecule has 0 spiro atoms. The summed E-state index contributed by atoms with van der Waals surface area (Å²) in [6.45, 7) is 5.62. The maximum Gasteiger partial charge on any atom is 0.238 e. The summed E-state index contributed by atoms with van der Waals surface area (Å²) in [5.41, 5.74) is 0.664. The molecule has 19 heavy (non-hydrogen) atoms. The van der Waals surface area contributed by atoms with Crippen LogP contribution in [0.15, 0.2) is 18.2 Å². The van der Waals surface area contributed by atoms with Gasteiger partial charge in [0, 0.05) is 5.69 Å². The van der Waals surface area contributed by atoms with Crippen LogP contribution in [-0.2, 0) is 4.79 Å². The van der Waals surface area contributed by atoms with Crippen molar-refractivity contribution in [1.82, 2.24) is 4.90 Å². The van der Waals surface area contributed by atoms with Crippen molar-refractivity contribution in [3.8, 4) is 0 Å². The summed E-state index contributed by atoms with van der Waals surface area (Å²) in [5, 5.41) is 3.72. The molecule has 3 nitrogen and oxygen atoms in total. The third kappa shape index (κ3) is 6.28. The molecule has 0 atom stereocenters. The van der Waals surface area contributed by atoms with Gasteiger partial charge in [-0.3, -0.25) is 9.69 Å². The van der Waals surface area contributed by atoms with Gasteiger partial charge in [0.15, 0.2) is 0 Å². The highest BCUT2D eigenvalue weighted by atomic mass is 35.5. The number of benzene rings is 1. The number of nitrogens with zero attached hydrogens (tertiary/aromatic N) is 1. The number of halogens is 2. The number of likely N-dealkylation sites (N-methyl/N-ethyl adjacent to an activating group) is 1. The van der Waals surface area contributed by atoms with Gasteiger partial charge >= 0.3 is 0 Å². The first-order chi connectivity index (χ1) is 8.88.